The molecule has 1 aromatic carbocycles. The number of hydrogen-bond acceptors (Lipinski definition) is 7. The summed E-state index contributed by atoms with van der Waals surface area (Å²) in [7, 11) is -8.49. The number of sulfone groups is 1. The Hall–Kier alpha value is -1.73. The first kappa shape index (κ1) is 20.6. The average molecular weight is 428 g/mol. The van der Waals surface area contributed by atoms with E-state index in [2.05, 4.69) is 0 Å². The highest BCUT2D eigenvalue weighted by Crippen LogP contribution is 2.30. The number of carboxylic acid groups (broad SMARTS) is 2. The standard InChI is InChI=1S/C13H14ClNO9S2/c14-8-2-1-7(13(19)20)3-11(8)26(23,24)15(4-12(17)18)9-5-25(21,22)6-10(9)16/h1-3,9-10,16H,4-6H2,(H,17,18)(H,19,20)/t9-,10-/m1/s1. The third-order valence-electron chi connectivity index (χ3n) is 3.72. The van der Waals surface area contributed by atoms with Crippen molar-refractivity contribution in [2.24, 2.45) is 0 Å². The molecule has 1 aliphatic heterocycles. The quantitative estimate of drug-likeness (QED) is 0.530. The number of aliphatic hydroxyl groups is 1. The Morgan fingerprint density at radius 3 is 2.31 bits per heavy atom. The van der Waals surface area contributed by atoms with Crippen LogP contribution >= 0.6 is 11.6 Å². The number of benzene rings is 1. The van der Waals surface area contributed by atoms with Crippen LogP contribution in [0.1, 0.15) is 10.4 Å². The van der Waals surface area contributed by atoms with Gasteiger partial charge in [0.2, 0.25) is 10.0 Å². The van der Waals surface area contributed by atoms with Crippen LogP contribution in [-0.4, -0.2) is 78.6 Å². The van der Waals surface area contributed by atoms with Crippen molar-refractivity contribution in [3.8, 4) is 0 Å². The van der Waals surface area contributed by atoms with Gasteiger partial charge in [0.05, 0.1) is 34.2 Å². The van der Waals surface area contributed by atoms with Crippen molar-refractivity contribution in [2.45, 2.75) is 17.0 Å². The summed E-state index contributed by atoms with van der Waals surface area (Å²) in [5.41, 5.74) is -0.414. The number of aromatic carboxylic acids is 1. The summed E-state index contributed by atoms with van der Waals surface area (Å²) in [5, 5.41) is 27.6. The molecule has 0 aromatic heterocycles. The summed E-state index contributed by atoms with van der Waals surface area (Å²) in [6, 6.07) is 1.27. The molecule has 1 saturated heterocycles. The molecule has 2 rings (SSSR count). The van der Waals surface area contributed by atoms with Crippen LogP contribution < -0.4 is 0 Å². The van der Waals surface area contributed by atoms with E-state index in [0.717, 1.165) is 18.2 Å². The van der Waals surface area contributed by atoms with Gasteiger partial charge in [-0.25, -0.2) is 21.6 Å². The lowest BCUT2D eigenvalue weighted by Crippen LogP contribution is -2.48. The van der Waals surface area contributed by atoms with Crippen LogP contribution in [-0.2, 0) is 24.7 Å². The van der Waals surface area contributed by atoms with Gasteiger partial charge in [-0.3, -0.25) is 4.79 Å². The fraction of sp³-hybridized carbons (Fsp3) is 0.385. The van der Waals surface area contributed by atoms with Gasteiger partial charge in [0, 0.05) is 0 Å². The zero-order chi connectivity index (χ0) is 19.9. The molecule has 26 heavy (non-hydrogen) atoms. The molecule has 1 aliphatic rings. The van der Waals surface area contributed by atoms with Crippen molar-refractivity contribution in [2.75, 3.05) is 18.1 Å². The summed E-state index contributed by atoms with van der Waals surface area (Å²) in [6.45, 7) is -1.13. The molecular weight excluding hydrogens is 414 g/mol. The lowest BCUT2D eigenvalue weighted by atomic mass is 10.2. The van der Waals surface area contributed by atoms with E-state index >= 15 is 0 Å². The molecule has 2 atom stereocenters. The van der Waals surface area contributed by atoms with E-state index in [9.17, 15) is 31.5 Å². The number of rotatable bonds is 6. The van der Waals surface area contributed by atoms with Crippen molar-refractivity contribution in [1.82, 2.24) is 4.31 Å². The Morgan fingerprint density at radius 1 is 1.23 bits per heavy atom. The predicted octanol–water partition coefficient (Wildman–Crippen LogP) is -0.729. The van der Waals surface area contributed by atoms with Gasteiger partial charge in [0.25, 0.3) is 0 Å². The van der Waals surface area contributed by atoms with Gasteiger partial charge in [0.15, 0.2) is 9.84 Å². The Balaban J connectivity index is 2.59. The predicted molar refractivity (Wildman–Crippen MR) is 88.4 cm³/mol. The van der Waals surface area contributed by atoms with Crippen molar-refractivity contribution in [3.05, 3.63) is 28.8 Å². The zero-order valence-electron chi connectivity index (χ0n) is 12.9. The summed E-state index contributed by atoms with van der Waals surface area (Å²) >= 11 is 5.84. The molecule has 144 valence electrons. The van der Waals surface area contributed by atoms with Crippen LogP contribution in [0.5, 0.6) is 0 Å². The molecule has 0 radical (unpaired) electrons. The lowest BCUT2D eigenvalue weighted by molar-refractivity contribution is -0.137. The Morgan fingerprint density at radius 2 is 1.85 bits per heavy atom. The van der Waals surface area contributed by atoms with Gasteiger partial charge in [0.1, 0.15) is 11.4 Å². The fourth-order valence-electron chi connectivity index (χ4n) is 2.56. The second-order valence-electron chi connectivity index (χ2n) is 5.61. The van der Waals surface area contributed by atoms with E-state index in [-0.39, 0.29) is 5.02 Å². The summed E-state index contributed by atoms with van der Waals surface area (Å²) in [5.74, 6) is -4.51. The molecule has 0 spiro atoms. The van der Waals surface area contributed by atoms with Crippen molar-refractivity contribution in [3.63, 3.8) is 0 Å². The monoisotopic (exact) mass is 427 g/mol. The van der Waals surface area contributed by atoms with Crippen LogP contribution in [0.4, 0.5) is 0 Å². The topological polar surface area (TPSA) is 166 Å². The van der Waals surface area contributed by atoms with Gasteiger partial charge < -0.3 is 15.3 Å². The number of aliphatic carboxylic acids is 1. The molecule has 1 fully saturated rings. The van der Waals surface area contributed by atoms with Crippen LogP contribution in [0.25, 0.3) is 0 Å². The first-order valence-electron chi connectivity index (χ1n) is 7.00. The molecule has 13 heteroatoms. The van der Waals surface area contributed by atoms with E-state index in [4.69, 9.17) is 21.8 Å². The highest BCUT2D eigenvalue weighted by Gasteiger charge is 2.46. The van der Waals surface area contributed by atoms with E-state index < -0.39 is 72.5 Å². The third-order valence-corrected chi connectivity index (χ3v) is 7.77. The SMILES string of the molecule is O=C(O)CN([C@@H]1CS(=O)(=O)C[C@H]1O)S(=O)(=O)c1cc(C(=O)O)ccc1Cl. The highest BCUT2D eigenvalue weighted by atomic mass is 35.5. The minimum absolute atomic E-state index is 0.317. The molecule has 1 heterocycles. The highest BCUT2D eigenvalue weighted by molar-refractivity contribution is 7.92. The van der Waals surface area contributed by atoms with Gasteiger partial charge >= 0.3 is 11.9 Å². The maximum atomic E-state index is 12.9. The van der Waals surface area contributed by atoms with E-state index in [0.29, 0.717) is 4.31 Å². The van der Waals surface area contributed by atoms with Crippen molar-refractivity contribution in [1.29, 1.82) is 0 Å². The van der Waals surface area contributed by atoms with Gasteiger partial charge in [-0.15, -0.1) is 0 Å². The zero-order valence-corrected chi connectivity index (χ0v) is 15.3. The number of hydrogen-bond donors (Lipinski definition) is 3. The third kappa shape index (κ3) is 4.15. The lowest BCUT2D eigenvalue weighted by Gasteiger charge is -2.28. The molecule has 0 bridgehead atoms. The normalized spacial score (nSPS) is 22.4. The van der Waals surface area contributed by atoms with Gasteiger partial charge in [-0.05, 0) is 18.2 Å². The fourth-order valence-corrected chi connectivity index (χ4v) is 6.56. The summed E-state index contributed by atoms with van der Waals surface area (Å²) in [4.78, 5) is 21.5. The molecule has 0 aliphatic carbocycles. The number of halogens is 1. The van der Waals surface area contributed by atoms with Crippen LogP contribution in [0, 0.1) is 0 Å². The Bertz CT molecular complexity index is 958. The second-order valence-corrected chi connectivity index (χ2v) is 10.0. The molecule has 0 unspecified atom stereocenters. The first-order chi connectivity index (χ1) is 11.8. The summed E-state index contributed by atoms with van der Waals surface area (Å²) in [6.07, 6.45) is -1.63. The summed E-state index contributed by atoms with van der Waals surface area (Å²) < 4.78 is 49.5. The molecule has 0 amide bonds. The van der Waals surface area contributed by atoms with Crippen LogP contribution in [0.2, 0.25) is 5.02 Å². The number of aliphatic hydroxyl groups excluding tert-OH is 1. The largest absolute Gasteiger partial charge is 0.480 e. The minimum atomic E-state index is -4.72. The molecule has 10 nitrogen and oxygen atoms in total. The van der Waals surface area contributed by atoms with Gasteiger partial charge in [-0.1, -0.05) is 11.6 Å². The number of sulfonamides is 1. The van der Waals surface area contributed by atoms with Gasteiger partial charge in [-0.2, -0.15) is 4.31 Å². The smallest absolute Gasteiger partial charge is 0.335 e. The molecule has 1 aromatic rings. The van der Waals surface area contributed by atoms with Crippen molar-refractivity contribution < 1.29 is 41.7 Å². The molecule has 0 saturated carbocycles. The molecular formula is C13H14ClNO9S2. The Kier molecular flexibility index (Phi) is 5.63. The van der Waals surface area contributed by atoms with E-state index in [1.54, 1.807) is 0 Å². The van der Waals surface area contributed by atoms with Crippen molar-refractivity contribution >= 4 is 43.4 Å². The van der Waals surface area contributed by atoms with Crippen LogP contribution in [0.3, 0.4) is 0 Å². The Labute approximate surface area is 153 Å². The number of carbonyl (C=O) groups is 2. The maximum absolute atomic E-state index is 12.9. The number of nitrogens with zero attached hydrogens (tertiary/aromatic N) is 1. The van der Waals surface area contributed by atoms with E-state index in [1.165, 1.54) is 0 Å². The second kappa shape index (κ2) is 7.12. The first-order valence-corrected chi connectivity index (χ1v) is 10.6. The average Bonchev–Trinajstić information content (AvgIpc) is 2.77. The van der Waals surface area contributed by atoms with E-state index in [1.807, 2.05) is 0 Å². The maximum Gasteiger partial charge on any atom is 0.335 e. The number of carboxylic acids is 2. The minimum Gasteiger partial charge on any atom is -0.480 e. The molecule has 3 N–H and O–H groups in total. The van der Waals surface area contributed by atoms with Crippen LogP contribution in [0.15, 0.2) is 23.1 Å².